The number of halogens is 2. The first-order valence-corrected chi connectivity index (χ1v) is 10.2. The second-order valence-corrected chi connectivity index (χ2v) is 8.91. The van der Waals surface area contributed by atoms with Gasteiger partial charge in [-0.1, -0.05) is 32.4 Å². The average molecular weight is 441 g/mol. The number of aromatic amines is 1. The molecular weight excluding hydrogens is 419 g/mol. The van der Waals surface area contributed by atoms with Crippen molar-refractivity contribution in [2.75, 3.05) is 0 Å². The van der Waals surface area contributed by atoms with E-state index in [9.17, 15) is 9.18 Å². The standard InChI is InChI=1S/C22H22ClFN6O/c1-12(22(2,3)4)28-21(31)14-8-25-20-19(14)29-16(9-26-20)17-10-30(11-27-17)18-7-13(23)5-6-15(18)24/h5-12H,1-4H3,(H,25,26)(H,28,31). The highest BCUT2D eigenvalue weighted by Crippen LogP contribution is 2.24. The molecule has 0 aliphatic rings. The second-order valence-electron chi connectivity index (χ2n) is 8.48. The molecule has 0 radical (unpaired) electrons. The molecule has 7 nitrogen and oxygen atoms in total. The summed E-state index contributed by atoms with van der Waals surface area (Å²) >= 11 is 5.99. The van der Waals surface area contributed by atoms with E-state index in [4.69, 9.17) is 11.6 Å². The van der Waals surface area contributed by atoms with Crippen molar-refractivity contribution in [3.8, 4) is 17.1 Å². The number of hydrogen-bond donors (Lipinski definition) is 2. The first-order chi connectivity index (χ1) is 14.6. The minimum atomic E-state index is -0.424. The molecule has 1 amide bonds. The number of hydrogen-bond acceptors (Lipinski definition) is 4. The number of benzene rings is 1. The lowest BCUT2D eigenvalue weighted by molar-refractivity contribution is 0.0911. The molecular formula is C22H22ClFN6O. The van der Waals surface area contributed by atoms with Gasteiger partial charge in [0.25, 0.3) is 5.91 Å². The Balaban J connectivity index is 1.67. The van der Waals surface area contributed by atoms with Crippen molar-refractivity contribution >= 4 is 28.7 Å². The Morgan fingerprint density at radius 3 is 2.77 bits per heavy atom. The first-order valence-electron chi connectivity index (χ1n) is 9.78. The fraction of sp³-hybridized carbons (Fsp3) is 0.273. The van der Waals surface area contributed by atoms with Gasteiger partial charge >= 0.3 is 0 Å². The van der Waals surface area contributed by atoms with Crippen LogP contribution in [0.25, 0.3) is 28.2 Å². The maximum Gasteiger partial charge on any atom is 0.255 e. The van der Waals surface area contributed by atoms with Crippen LogP contribution >= 0.6 is 11.6 Å². The number of imidazole rings is 1. The number of nitrogens with zero attached hydrogens (tertiary/aromatic N) is 4. The number of nitrogens with one attached hydrogen (secondary N) is 2. The third-order valence-electron chi connectivity index (χ3n) is 5.30. The van der Waals surface area contributed by atoms with Gasteiger partial charge in [0.2, 0.25) is 0 Å². The molecule has 0 bridgehead atoms. The van der Waals surface area contributed by atoms with Gasteiger partial charge in [-0.15, -0.1) is 0 Å². The van der Waals surface area contributed by atoms with E-state index < -0.39 is 5.82 Å². The zero-order valence-corrected chi connectivity index (χ0v) is 18.3. The first kappa shape index (κ1) is 21.0. The molecule has 3 heterocycles. The van der Waals surface area contributed by atoms with E-state index in [1.807, 2.05) is 6.92 Å². The topological polar surface area (TPSA) is 88.5 Å². The van der Waals surface area contributed by atoms with Gasteiger partial charge in [0, 0.05) is 23.5 Å². The number of aromatic nitrogens is 5. The molecule has 0 fully saturated rings. The Morgan fingerprint density at radius 2 is 2.03 bits per heavy atom. The Kier molecular flexibility index (Phi) is 5.26. The van der Waals surface area contributed by atoms with Crippen molar-refractivity contribution in [3.05, 3.63) is 59.5 Å². The number of fused-ring (bicyclic) bond motifs is 1. The van der Waals surface area contributed by atoms with Crippen LogP contribution in [0.5, 0.6) is 0 Å². The van der Waals surface area contributed by atoms with Gasteiger partial charge in [-0.3, -0.25) is 4.79 Å². The molecule has 0 saturated heterocycles. The van der Waals surface area contributed by atoms with Crippen molar-refractivity contribution in [1.29, 1.82) is 0 Å². The van der Waals surface area contributed by atoms with Crippen molar-refractivity contribution in [3.63, 3.8) is 0 Å². The largest absolute Gasteiger partial charge is 0.349 e. The zero-order valence-electron chi connectivity index (χ0n) is 17.6. The monoisotopic (exact) mass is 440 g/mol. The van der Waals surface area contributed by atoms with Gasteiger partial charge in [-0.2, -0.15) is 0 Å². The third-order valence-corrected chi connectivity index (χ3v) is 5.54. The molecule has 0 spiro atoms. The lowest BCUT2D eigenvalue weighted by Gasteiger charge is -2.27. The van der Waals surface area contributed by atoms with Crippen LogP contribution in [0.15, 0.2) is 43.1 Å². The summed E-state index contributed by atoms with van der Waals surface area (Å²) in [6, 6.07) is 4.26. The molecule has 3 aromatic heterocycles. The molecule has 31 heavy (non-hydrogen) atoms. The molecule has 160 valence electrons. The van der Waals surface area contributed by atoms with E-state index in [-0.39, 0.29) is 23.1 Å². The predicted octanol–water partition coefficient (Wildman–Crippen LogP) is 4.77. The summed E-state index contributed by atoms with van der Waals surface area (Å²) in [4.78, 5) is 29.1. The fourth-order valence-corrected chi connectivity index (χ4v) is 3.12. The summed E-state index contributed by atoms with van der Waals surface area (Å²) in [5, 5.41) is 3.43. The number of H-pyrrole nitrogens is 1. The fourth-order valence-electron chi connectivity index (χ4n) is 2.95. The molecule has 4 aromatic rings. The number of rotatable bonds is 4. The van der Waals surface area contributed by atoms with Crippen LogP contribution in [0.3, 0.4) is 0 Å². The molecule has 0 aliphatic carbocycles. The number of carbonyl (C=O) groups excluding carboxylic acids is 1. The lowest BCUT2D eigenvalue weighted by atomic mass is 9.88. The van der Waals surface area contributed by atoms with E-state index >= 15 is 0 Å². The summed E-state index contributed by atoms with van der Waals surface area (Å²) in [6.07, 6.45) is 6.27. The van der Waals surface area contributed by atoms with Crippen LogP contribution in [0.1, 0.15) is 38.1 Å². The van der Waals surface area contributed by atoms with E-state index in [2.05, 4.69) is 46.0 Å². The quantitative estimate of drug-likeness (QED) is 0.478. The predicted molar refractivity (Wildman–Crippen MR) is 118 cm³/mol. The normalized spacial score (nSPS) is 12.8. The van der Waals surface area contributed by atoms with Gasteiger partial charge in [-0.05, 0) is 30.5 Å². The van der Waals surface area contributed by atoms with E-state index in [1.165, 1.54) is 29.1 Å². The molecule has 4 rings (SSSR count). The van der Waals surface area contributed by atoms with Gasteiger partial charge < -0.3 is 14.9 Å². The molecule has 1 aromatic carbocycles. The lowest BCUT2D eigenvalue weighted by Crippen LogP contribution is -2.41. The average Bonchev–Trinajstić information content (AvgIpc) is 3.35. The SMILES string of the molecule is CC(NC(=O)c1c[nH]c2ncc(-c3cn(-c4cc(Cl)ccc4F)cn3)nc12)C(C)(C)C. The highest BCUT2D eigenvalue weighted by molar-refractivity contribution is 6.30. The maximum atomic E-state index is 14.2. The van der Waals surface area contributed by atoms with Crippen LogP contribution in [-0.4, -0.2) is 36.5 Å². The van der Waals surface area contributed by atoms with E-state index in [0.717, 1.165) is 0 Å². The van der Waals surface area contributed by atoms with Crippen LogP contribution in [0.2, 0.25) is 5.02 Å². The van der Waals surface area contributed by atoms with Gasteiger partial charge in [-0.25, -0.2) is 19.3 Å². The number of carbonyl (C=O) groups is 1. The van der Waals surface area contributed by atoms with Gasteiger partial charge in [0.15, 0.2) is 5.65 Å². The molecule has 0 aliphatic heterocycles. The highest BCUT2D eigenvalue weighted by atomic mass is 35.5. The van der Waals surface area contributed by atoms with Gasteiger partial charge in [0.1, 0.15) is 29.0 Å². The Morgan fingerprint density at radius 1 is 1.26 bits per heavy atom. The summed E-state index contributed by atoms with van der Waals surface area (Å²) in [5.74, 6) is -0.654. The van der Waals surface area contributed by atoms with Crippen LogP contribution in [0, 0.1) is 11.2 Å². The third kappa shape index (κ3) is 4.16. The Hall–Kier alpha value is -3.26. The smallest absolute Gasteiger partial charge is 0.255 e. The summed E-state index contributed by atoms with van der Waals surface area (Å²) in [6.45, 7) is 8.14. The van der Waals surface area contributed by atoms with Crippen LogP contribution in [-0.2, 0) is 0 Å². The molecule has 2 N–H and O–H groups in total. The van der Waals surface area contributed by atoms with Crippen LogP contribution < -0.4 is 5.32 Å². The van der Waals surface area contributed by atoms with Crippen molar-refractivity contribution in [2.45, 2.75) is 33.7 Å². The summed E-state index contributed by atoms with van der Waals surface area (Å²) in [5.41, 5.74) is 2.49. The Bertz CT molecular complexity index is 1270. The van der Waals surface area contributed by atoms with Crippen molar-refractivity contribution < 1.29 is 9.18 Å². The molecule has 0 saturated carbocycles. The number of amides is 1. The zero-order chi connectivity index (χ0) is 22.3. The molecule has 1 unspecified atom stereocenters. The van der Waals surface area contributed by atoms with Crippen molar-refractivity contribution in [2.24, 2.45) is 5.41 Å². The second kappa shape index (κ2) is 7.77. The maximum absolute atomic E-state index is 14.2. The molecule has 9 heteroatoms. The summed E-state index contributed by atoms with van der Waals surface area (Å²) < 4.78 is 15.7. The van der Waals surface area contributed by atoms with E-state index in [1.54, 1.807) is 18.6 Å². The highest BCUT2D eigenvalue weighted by Gasteiger charge is 2.24. The minimum Gasteiger partial charge on any atom is -0.349 e. The Labute approximate surface area is 183 Å². The van der Waals surface area contributed by atoms with Gasteiger partial charge in [0.05, 0.1) is 17.4 Å². The molecule has 1 atom stereocenters. The van der Waals surface area contributed by atoms with Crippen molar-refractivity contribution in [1.82, 2.24) is 29.8 Å². The van der Waals surface area contributed by atoms with Crippen LogP contribution in [0.4, 0.5) is 4.39 Å². The minimum absolute atomic E-state index is 0.0376. The summed E-state index contributed by atoms with van der Waals surface area (Å²) in [7, 11) is 0. The van der Waals surface area contributed by atoms with E-state index in [0.29, 0.717) is 33.1 Å².